The maximum Gasteiger partial charge on any atom is 0.422 e. The molecule has 184 valence electrons. The van der Waals surface area contributed by atoms with E-state index in [-0.39, 0.29) is 36.3 Å². The number of likely N-dealkylation sites (N-methyl/N-ethyl adjacent to an activating group) is 1. The quantitative estimate of drug-likeness (QED) is 0.195. The molecule has 1 saturated heterocycles. The van der Waals surface area contributed by atoms with Gasteiger partial charge in [0.1, 0.15) is 5.75 Å². The number of ether oxygens (including phenoxy) is 1. The molecule has 0 unspecified atom stereocenters. The number of benzene rings is 1. The van der Waals surface area contributed by atoms with Crippen molar-refractivity contribution in [3.63, 3.8) is 0 Å². The number of piperazine rings is 1. The average molecular weight is 571 g/mol. The van der Waals surface area contributed by atoms with E-state index in [1.54, 1.807) is 12.1 Å². The van der Waals surface area contributed by atoms with Crippen LogP contribution in [0.25, 0.3) is 0 Å². The molecule has 0 aliphatic carbocycles. The number of rotatable bonds is 10. The molecule has 0 bridgehead atoms. The van der Waals surface area contributed by atoms with Crippen LogP contribution in [-0.2, 0) is 6.54 Å². The van der Waals surface area contributed by atoms with Crippen molar-refractivity contribution in [1.29, 1.82) is 0 Å². The molecule has 0 atom stereocenters. The Labute approximate surface area is 207 Å². The van der Waals surface area contributed by atoms with Crippen molar-refractivity contribution in [3.8, 4) is 5.75 Å². The van der Waals surface area contributed by atoms with Crippen LogP contribution in [0.1, 0.15) is 30.9 Å². The highest BCUT2D eigenvalue weighted by Crippen LogP contribution is 2.24. The summed E-state index contributed by atoms with van der Waals surface area (Å²) in [5.41, 5.74) is 1.47. The number of hydrogen-bond acceptors (Lipinski definition) is 4. The number of hydrogen-bond donors (Lipinski definition) is 2. The molecular weight excluding hydrogens is 534 g/mol. The summed E-state index contributed by atoms with van der Waals surface area (Å²) in [6.45, 7) is 9.85. The Morgan fingerprint density at radius 3 is 2.50 bits per heavy atom. The van der Waals surface area contributed by atoms with Gasteiger partial charge in [0, 0.05) is 44.8 Å². The molecule has 1 aromatic rings. The molecule has 0 amide bonds. The van der Waals surface area contributed by atoms with Gasteiger partial charge in [0.05, 0.1) is 6.54 Å². The van der Waals surface area contributed by atoms with E-state index in [1.807, 2.05) is 19.9 Å². The van der Waals surface area contributed by atoms with E-state index in [0.717, 1.165) is 57.7 Å². The van der Waals surface area contributed by atoms with Gasteiger partial charge in [-0.2, -0.15) is 13.2 Å². The Bertz CT molecular complexity index is 695. The Hall–Kier alpha value is -1.27. The number of nitrogens with one attached hydrogen (secondary N) is 2. The molecule has 1 aromatic carbocycles. The predicted molar refractivity (Wildman–Crippen MR) is 134 cm³/mol. The highest BCUT2D eigenvalue weighted by atomic mass is 127. The standard InChI is InChI=1S/C22H36F3N5O.HI/c1-4-26-21(27-9-5-6-10-30-13-11-29(3)12-14-30)28-16-19-8-7-18(2)15-20(19)31-17-22(23,24)25;/h7-8,15H,4-6,9-14,16-17H2,1-3H3,(H2,26,27,28);1H. The SMILES string of the molecule is CCNC(=NCc1ccc(C)cc1OCC(F)(F)F)NCCCCN1CCN(C)CC1.I. The Morgan fingerprint density at radius 1 is 1.12 bits per heavy atom. The van der Waals surface area contributed by atoms with Gasteiger partial charge < -0.3 is 25.2 Å². The van der Waals surface area contributed by atoms with Crippen LogP contribution in [0.4, 0.5) is 13.2 Å². The summed E-state index contributed by atoms with van der Waals surface area (Å²) >= 11 is 0. The van der Waals surface area contributed by atoms with Gasteiger partial charge in [0.15, 0.2) is 12.6 Å². The monoisotopic (exact) mass is 571 g/mol. The minimum absolute atomic E-state index is 0. The largest absolute Gasteiger partial charge is 0.484 e. The van der Waals surface area contributed by atoms with Crippen LogP contribution < -0.4 is 15.4 Å². The molecule has 1 fully saturated rings. The second-order valence-electron chi connectivity index (χ2n) is 7.99. The number of unbranched alkanes of at least 4 members (excludes halogenated alkanes) is 1. The lowest BCUT2D eigenvalue weighted by molar-refractivity contribution is -0.153. The number of nitrogens with zero attached hydrogens (tertiary/aromatic N) is 3. The second kappa shape index (κ2) is 14.8. The summed E-state index contributed by atoms with van der Waals surface area (Å²) in [7, 11) is 2.16. The van der Waals surface area contributed by atoms with E-state index in [0.29, 0.717) is 18.1 Å². The Balaban J connectivity index is 0.00000512. The maximum atomic E-state index is 12.5. The average Bonchev–Trinajstić information content (AvgIpc) is 2.72. The molecule has 10 heteroatoms. The molecule has 2 rings (SSSR count). The first-order valence-corrected chi connectivity index (χ1v) is 11.0. The minimum atomic E-state index is -4.37. The molecule has 1 heterocycles. The molecule has 0 aromatic heterocycles. The third-order valence-corrected chi connectivity index (χ3v) is 5.16. The van der Waals surface area contributed by atoms with Crippen molar-refractivity contribution in [3.05, 3.63) is 29.3 Å². The van der Waals surface area contributed by atoms with Crippen LogP contribution in [0.5, 0.6) is 5.75 Å². The normalized spacial score (nSPS) is 15.9. The van der Waals surface area contributed by atoms with Crippen LogP contribution in [0.15, 0.2) is 23.2 Å². The first-order chi connectivity index (χ1) is 14.8. The third-order valence-electron chi connectivity index (χ3n) is 5.16. The van der Waals surface area contributed by atoms with Crippen molar-refractivity contribution >= 4 is 29.9 Å². The highest BCUT2D eigenvalue weighted by molar-refractivity contribution is 14.0. The number of alkyl halides is 3. The van der Waals surface area contributed by atoms with E-state index in [9.17, 15) is 13.2 Å². The number of halogens is 4. The molecule has 1 aliphatic rings. The zero-order valence-electron chi connectivity index (χ0n) is 19.3. The Kier molecular flexibility index (Phi) is 13.3. The third kappa shape index (κ3) is 11.6. The predicted octanol–water partition coefficient (Wildman–Crippen LogP) is 3.64. The summed E-state index contributed by atoms with van der Waals surface area (Å²) in [6.07, 6.45) is -2.23. The molecule has 32 heavy (non-hydrogen) atoms. The smallest absolute Gasteiger partial charge is 0.422 e. The van der Waals surface area contributed by atoms with E-state index < -0.39 is 12.8 Å². The fourth-order valence-electron chi connectivity index (χ4n) is 3.33. The van der Waals surface area contributed by atoms with Gasteiger partial charge in [0.2, 0.25) is 0 Å². The summed E-state index contributed by atoms with van der Waals surface area (Å²) < 4.78 is 42.7. The highest BCUT2D eigenvalue weighted by Gasteiger charge is 2.28. The maximum absolute atomic E-state index is 12.5. The minimum Gasteiger partial charge on any atom is -0.484 e. The van der Waals surface area contributed by atoms with E-state index in [2.05, 4.69) is 32.5 Å². The summed E-state index contributed by atoms with van der Waals surface area (Å²) in [6, 6.07) is 5.24. The molecule has 0 spiro atoms. The van der Waals surface area contributed by atoms with Crippen molar-refractivity contribution < 1.29 is 17.9 Å². The number of guanidine groups is 1. The van der Waals surface area contributed by atoms with Gasteiger partial charge in [-0.3, -0.25) is 0 Å². The van der Waals surface area contributed by atoms with Gasteiger partial charge in [0.25, 0.3) is 0 Å². The summed E-state index contributed by atoms with van der Waals surface area (Å²) in [5, 5.41) is 6.50. The summed E-state index contributed by atoms with van der Waals surface area (Å²) in [4.78, 5) is 9.38. The first kappa shape index (κ1) is 28.8. The zero-order chi connectivity index (χ0) is 22.7. The fourth-order valence-corrected chi connectivity index (χ4v) is 3.33. The van der Waals surface area contributed by atoms with Crippen LogP contribution >= 0.6 is 24.0 Å². The van der Waals surface area contributed by atoms with Crippen LogP contribution in [0.3, 0.4) is 0 Å². The van der Waals surface area contributed by atoms with Crippen molar-refractivity contribution in [2.24, 2.45) is 4.99 Å². The molecular formula is C22H37F3IN5O. The lowest BCUT2D eigenvalue weighted by Gasteiger charge is -2.32. The van der Waals surface area contributed by atoms with Crippen LogP contribution in [0, 0.1) is 6.92 Å². The first-order valence-electron chi connectivity index (χ1n) is 11.0. The lowest BCUT2D eigenvalue weighted by Crippen LogP contribution is -2.44. The number of aliphatic imine (C=N–C) groups is 1. The van der Waals surface area contributed by atoms with Crippen molar-refractivity contribution in [2.45, 2.75) is 39.4 Å². The van der Waals surface area contributed by atoms with Gasteiger partial charge in [-0.15, -0.1) is 24.0 Å². The van der Waals surface area contributed by atoms with Gasteiger partial charge in [-0.1, -0.05) is 12.1 Å². The van der Waals surface area contributed by atoms with E-state index >= 15 is 0 Å². The molecule has 0 saturated carbocycles. The molecule has 0 radical (unpaired) electrons. The van der Waals surface area contributed by atoms with Gasteiger partial charge in [-0.05, 0) is 51.9 Å². The topological polar surface area (TPSA) is 52.1 Å². The fraction of sp³-hybridized carbons (Fsp3) is 0.682. The van der Waals surface area contributed by atoms with Gasteiger partial charge >= 0.3 is 6.18 Å². The van der Waals surface area contributed by atoms with Crippen molar-refractivity contribution in [1.82, 2.24) is 20.4 Å². The zero-order valence-corrected chi connectivity index (χ0v) is 21.6. The molecule has 1 aliphatic heterocycles. The second-order valence-corrected chi connectivity index (χ2v) is 7.99. The van der Waals surface area contributed by atoms with Crippen LogP contribution in [0.2, 0.25) is 0 Å². The summed E-state index contributed by atoms with van der Waals surface area (Å²) in [5.74, 6) is 0.883. The van der Waals surface area contributed by atoms with Crippen LogP contribution in [-0.4, -0.2) is 81.4 Å². The van der Waals surface area contributed by atoms with E-state index in [1.165, 1.54) is 0 Å². The van der Waals surface area contributed by atoms with Gasteiger partial charge in [-0.25, -0.2) is 4.99 Å². The molecule has 2 N–H and O–H groups in total. The van der Waals surface area contributed by atoms with E-state index in [4.69, 9.17) is 4.74 Å². The lowest BCUT2D eigenvalue weighted by atomic mass is 10.1. The van der Waals surface area contributed by atoms with Crippen molar-refractivity contribution in [2.75, 3.05) is 59.5 Å². The Morgan fingerprint density at radius 2 is 1.84 bits per heavy atom. The number of aryl methyl sites for hydroxylation is 1. The molecule has 6 nitrogen and oxygen atoms in total.